The van der Waals surface area contributed by atoms with Crippen LogP contribution in [0.2, 0.25) is 0 Å². The van der Waals surface area contributed by atoms with Crippen LogP contribution >= 0.6 is 0 Å². The predicted molar refractivity (Wildman–Crippen MR) is 70.6 cm³/mol. The topological polar surface area (TPSA) is 59.1 Å². The standard InChI is InChI=1S/C14H18N2O4/c1-3-19-13(17)15-11-7-8-12(10-6-5-9(10)11)16(15)14(18)20-4-2/h5-12H,3-4H2,1-2H3. The van der Waals surface area contributed by atoms with Crippen LogP contribution in [0.1, 0.15) is 13.8 Å². The molecule has 6 nitrogen and oxygen atoms in total. The number of amides is 2. The molecule has 4 aliphatic rings. The summed E-state index contributed by atoms with van der Waals surface area (Å²) in [6.07, 6.45) is 7.11. The number of rotatable bonds is 2. The summed E-state index contributed by atoms with van der Waals surface area (Å²) in [5.74, 6) is 0.528. The fourth-order valence-electron chi connectivity index (χ4n) is 3.11. The highest BCUT2D eigenvalue weighted by Gasteiger charge is 2.54. The van der Waals surface area contributed by atoms with Crippen LogP contribution in [0.25, 0.3) is 0 Å². The number of fused-ring (bicyclic) bond motifs is 1. The van der Waals surface area contributed by atoms with Crippen molar-refractivity contribution in [3.63, 3.8) is 0 Å². The molecule has 0 saturated carbocycles. The molecule has 4 unspecified atom stereocenters. The molecule has 1 fully saturated rings. The first-order chi connectivity index (χ1) is 9.69. The molecule has 2 amide bonds. The van der Waals surface area contributed by atoms with Gasteiger partial charge in [0.1, 0.15) is 0 Å². The van der Waals surface area contributed by atoms with E-state index in [9.17, 15) is 9.59 Å². The Bertz CT molecular complexity index is 446. The molecule has 0 spiro atoms. The number of carbonyl (C=O) groups is 2. The van der Waals surface area contributed by atoms with Gasteiger partial charge in [0.05, 0.1) is 25.3 Å². The fraction of sp³-hybridized carbons (Fsp3) is 0.571. The third kappa shape index (κ3) is 1.71. The first-order valence-corrected chi connectivity index (χ1v) is 6.97. The van der Waals surface area contributed by atoms with E-state index >= 15 is 0 Å². The van der Waals surface area contributed by atoms with E-state index in [0.717, 1.165) is 0 Å². The molecule has 0 radical (unpaired) electrons. The highest BCUT2D eigenvalue weighted by molar-refractivity contribution is 5.76. The van der Waals surface area contributed by atoms with Gasteiger partial charge >= 0.3 is 12.2 Å². The number of hydrazine groups is 1. The van der Waals surface area contributed by atoms with Gasteiger partial charge < -0.3 is 9.47 Å². The largest absolute Gasteiger partial charge is 0.448 e. The normalized spacial score (nSPS) is 32.7. The Kier molecular flexibility index (Phi) is 3.16. The Labute approximate surface area is 117 Å². The summed E-state index contributed by atoms with van der Waals surface area (Å²) in [7, 11) is 0. The Hall–Kier alpha value is -1.98. The van der Waals surface area contributed by atoms with Crippen LogP contribution in [0.15, 0.2) is 24.3 Å². The van der Waals surface area contributed by atoms with Gasteiger partial charge in [0.25, 0.3) is 0 Å². The third-order valence-electron chi connectivity index (χ3n) is 4.00. The lowest BCUT2D eigenvalue weighted by molar-refractivity contribution is -0.110. The second-order valence-corrected chi connectivity index (χ2v) is 4.99. The van der Waals surface area contributed by atoms with E-state index in [2.05, 4.69) is 12.2 Å². The van der Waals surface area contributed by atoms with E-state index in [4.69, 9.17) is 9.47 Å². The van der Waals surface area contributed by atoms with Gasteiger partial charge in [-0.05, 0) is 13.8 Å². The van der Waals surface area contributed by atoms with Crippen molar-refractivity contribution in [3.8, 4) is 0 Å². The SMILES string of the molecule is CCOC(=O)N1C2C=CC(C3C=CC32)N1C(=O)OCC. The van der Waals surface area contributed by atoms with Crippen molar-refractivity contribution in [3.05, 3.63) is 24.3 Å². The molecule has 0 aromatic carbocycles. The highest BCUT2D eigenvalue weighted by Crippen LogP contribution is 2.46. The lowest BCUT2D eigenvalue weighted by Crippen LogP contribution is -2.70. The number of carbonyl (C=O) groups excluding carboxylic acids is 2. The fourth-order valence-corrected chi connectivity index (χ4v) is 3.11. The van der Waals surface area contributed by atoms with Gasteiger partial charge in [0.2, 0.25) is 0 Å². The first kappa shape index (κ1) is 13.0. The van der Waals surface area contributed by atoms with E-state index in [1.54, 1.807) is 13.8 Å². The Morgan fingerprint density at radius 2 is 1.25 bits per heavy atom. The molecule has 1 saturated heterocycles. The van der Waals surface area contributed by atoms with E-state index in [0.29, 0.717) is 0 Å². The van der Waals surface area contributed by atoms with Crippen molar-refractivity contribution in [2.45, 2.75) is 25.9 Å². The quantitative estimate of drug-likeness (QED) is 0.724. The van der Waals surface area contributed by atoms with Crippen LogP contribution in [-0.4, -0.2) is 47.5 Å². The van der Waals surface area contributed by atoms with Gasteiger partial charge in [0, 0.05) is 11.8 Å². The minimum Gasteiger partial charge on any atom is -0.448 e. The average Bonchev–Trinajstić information content (AvgIpc) is 2.38. The van der Waals surface area contributed by atoms with Crippen LogP contribution in [-0.2, 0) is 9.47 Å². The predicted octanol–water partition coefficient (Wildman–Crippen LogP) is 1.94. The molecule has 0 N–H and O–H groups in total. The molecule has 4 rings (SSSR count). The lowest BCUT2D eigenvalue weighted by atomic mass is 9.67. The molecule has 108 valence electrons. The van der Waals surface area contributed by atoms with Gasteiger partial charge in [-0.3, -0.25) is 0 Å². The zero-order valence-electron chi connectivity index (χ0n) is 11.6. The molecular formula is C14H18N2O4. The van der Waals surface area contributed by atoms with Crippen molar-refractivity contribution in [1.82, 2.24) is 10.0 Å². The van der Waals surface area contributed by atoms with E-state index in [-0.39, 0.29) is 37.1 Å². The first-order valence-electron chi connectivity index (χ1n) is 6.97. The number of hydrogen-bond acceptors (Lipinski definition) is 4. The smallest absolute Gasteiger partial charge is 0.429 e. The zero-order valence-corrected chi connectivity index (χ0v) is 11.6. The highest BCUT2D eigenvalue weighted by atomic mass is 16.6. The van der Waals surface area contributed by atoms with Crippen molar-refractivity contribution < 1.29 is 19.1 Å². The van der Waals surface area contributed by atoms with Gasteiger partial charge in [0.15, 0.2) is 0 Å². The zero-order chi connectivity index (χ0) is 14.3. The molecule has 4 atom stereocenters. The van der Waals surface area contributed by atoms with Crippen LogP contribution in [0.5, 0.6) is 0 Å². The van der Waals surface area contributed by atoms with Crippen molar-refractivity contribution >= 4 is 12.2 Å². The van der Waals surface area contributed by atoms with Gasteiger partial charge in [-0.25, -0.2) is 19.6 Å². The van der Waals surface area contributed by atoms with E-state index in [1.807, 2.05) is 12.2 Å². The van der Waals surface area contributed by atoms with Crippen LogP contribution < -0.4 is 0 Å². The second kappa shape index (κ2) is 4.85. The molecule has 0 aromatic heterocycles. The molecule has 6 heteroatoms. The van der Waals surface area contributed by atoms with Crippen LogP contribution in [0.3, 0.4) is 0 Å². The summed E-state index contributed by atoms with van der Waals surface area (Å²) in [6, 6.07) is -0.336. The van der Waals surface area contributed by atoms with Crippen LogP contribution in [0, 0.1) is 11.8 Å². The molecule has 2 heterocycles. The monoisotopic (exact) mass is 278 g/mol. The van der Waals surface area contributed by atoms with Crippen molar-refractivity contribution in [2.24, 2.45) is 11.8 Å². The minimum atomic E-state index is -0.501. The number of hydrogen-bond donors (Lipinski definition) is 0. The minimum absolute atomic E-state index is 0.168. The molecule has 20 heavy (non-hydrogen) atoms. The lowest BCUT2D eigenvalue weighted by Gasteiger charge is -2.56. The summed E-state index contributed by atoms with van der Waals surface area (Å²) in [5, 5.41) is 2.80. The molecule has 2 bridgehead atoms. The van der Waals surface area contributed by atoms with Crippen molar-refractivity contribution in [2.75, 3.05) is 13.2 Å². The summed E-state index contributed by atoms with van der Waals surface area (Å²) < 4.78 is 10.2. The second-order valence-electron chi connectivity index (χ2n) is 4.99. The summed E-state index contributed by atoms with van der Waals surface area (Å²) in [5.41, 5.74) is 0. The van der Waals surface area contributed by atoms with Gasteiger partial charge in [-0.2, -0.15) is 0 Å². The maximum Gasteiger partial charge on any atom is 0.429 e. The summed E-state index contributed by atoms with van der Waals surface area (Å²) in [4.78, 5) is 24.4. The molecule has 2 aliphatic heterocycles. The summed E-state index contributed by atoms with van der Waals surface area (Å²) in [6.45, 7) is 4.04. The number of nitrogens with zero attached hydrogens (tertiary/aromatic N) is 2. The molecule has 2 aliphatic carbocycles. The van der Waals surface area contributed by atoms with E-state index in [1.165, 1.54) is 10.0 Å². The average molecular weight is 278 g/mol. The number of ether oxygens (including phenoxy) is 2. The maximum absolute atomic E-state index is 12.2. The molecule has 0 aromatic rings. The molecular weight excluding hydrogens is 260 g/mol. The summed E-state index contributed by atoms with van der Waals surface area (Å²) >= 11 is 0. The van der Waals surface area contributed by atoms with Crippen molar-refractivity contribution in [1.29, 1.82) is 0 Å². The van der Waals surface area contributed by atoms with E-state index < -0.39 is 12.2 Å². The van der Waals surface area contributed by atoms with Gasteiger partial charge in [-0.1, -0.05) is 24.3 Å². The Morgan fingerprint density at radius 1 is 0.850 bits per heavy atom. The Morgan fingerprint density at radius 3 is 1.55 bits per heavy atom. The van der Waals surface area contributed by atoms with Crippen LogP contribution in [0.4, 0.5) is 9.59 Å². The maximum atomic E-state index is 12.2. The van der Waals surface area contributed by atoms with Gasteiger partial charge in [-0.15, -0.1) is 0 Å². The Balaban J connectivity index is 1.92. The third-order valence-corrected chi connectivity index (χ3v) is 4.00.